The van der Waals surface area contributed by atoms with Crippen molar-refractivity contribution in [1.82, 2.24) is 10.6 Å². The molecule has 0 aromatic heterocycles. The van der Waals surface area contributed by atoms with Crippen molar-refractivity contribution in [2.75, 3.05) is 0 Å². The van der Waals surface area contributed by atoms with Gasteiger partial charge < -0.3 is 20.2 Å². The first-order valence-electron chi connectivity index (χ1n) is 11.2. The molecule has 2 rings (SSSR count). The van der Waals surface area contributed by atoms with Crippen LogP contribution < -0.4 is 15.4 Å². The second kappa shape index (κ2) is 13.0. The molecular weight excluding hydrogens is 440 g/mol. The summed E-state index contributed by atoms with van der Waals surface area (Å²) in [6, 6.07) is 13.0. The van der Waals surface area contributed by atoms with E-state index in [0.717, 1.165) is 11.8 Å². The lowest BCUT2D eigenvalue weighted by atomic mass is 10.0. The Labute approximate surface area is 201 Å². The number of nitrogens with one attached hydrogen (secondary N) is 2. The summed E-state index contributed by atoms with van der Waals surface area (Å²) in [7, 11) is 0. The molecule has 0 spiro atoms. The van der Waals surface area contributed by atoms with Gasteiger partial charge in [0.2, 0.25) is 5.91 Å². The third-order valence-corrected chi connectivity index (χ3v) is 5.20. The summed E-state index contributed by atoms with van der Waals surface area (Å²) in [6.07, 6.45) is 1.69. The second-order valence-corrected chi connectivity index (χ2v) is 9.39. The van der Waals surface area contributed by atoms with Crippen molar-refractivity contribution in [2.24, 2.45) is 11.8 Å². The fourth-order valence-corrected chi connectivity index (χ4v) is 3.59. The molecule has 2 amide bonds. The Balaban J connectivity index is 2.18. The van der Waals surface area contributed by atoms with Crippen molar-refractivity contribution >= 4 is 29.7 Å². The van der Waals surface area contributed by atoms with Crippen LogP contribution in [-0.2, 0) is 16.2 Å². The van der Waals surface area contributed by atoms with E-state index in [1.54, 1.807) is 12.1 Å². The van der Waals surface area contributed by atoms with E-state index in [0.29, 0.717) is 23.6 Å². The van der Waals surface area contributed by atoms with Gasteiger partial charge in [-0.3, -0.25) is 9.59 Å². The molecule has 178 valence electrons. The summed E-state index contributed by atoms with van der Waals surface area (Å²) in [5, 5.41) is 5.95. The third-order valence-electron chi connectivity index (χ3n) is 4.97. The van der Waals surface area contributed by atoms with Crippen molar-refractivity contribution < 1.29 is 19.1 Å². The minimum Gasteiger partial charge on any atom is -0.488 e. The first kappa shape index (κ1) is 26.4. The molecule has 0 aliphatic heterocycles. The number of ether oxygens (including phenoxy) is 1. The number of halogens is 1. The van der Waals surface area contributed by atoms with Gasteiger partial charge in [-0.2, -0.15) is 0 Å². The molecule has 0 saturated carbocycles. The van der Waals surface area contributed by atoms with Crippen LogP contribution in [0.1, 0.15) is 56.5 Å². The molecule has 0 aliphatic rings. The molecule has 0 heterocycles. The number of amides is 2. The normalized spacial score (nSPS) is 12.8. The van der Waals surface area contributed by atoms with Gasteiger partial charge in [0, 0.05) is 5.02 Å². The van der Waals surface area contributed by atoms with E-state index in [2.05, 4.69) is 10.6 Å². The van der Waals surface area contributed by atoms with Gasteiger partial charge in [-0.15, -0.1) is 0 Å². The van der Waals surface area contributed by atoms with Gasteiger partial charge in [-0.25, -0.2) is 0 Å². The van der Waals surface area contributed by atoms with Crippen LogP contribution in [0.4, 0.5) is 0 Å². The predicted molar refractivity (Wildman–Crippen MR) is 130 cm³/mol. The number of benzene rings is 2. The van der Waals surface area contributed by atoms with E-state index in [1.165, 1.54) is 6.07 Å². The van der Waals surface area contributed by atoms with Gasteiger partial charge in [0.25, 0.3) is 5.91 Å². The topological polar surface area (TPSA) is 84.5 Å². The van der Waals surface area contributed by atoms with Crippen molar-refractivity contribution in [2.45, 2.75) is 59.2 Å². The number of hydrogen-bond acceptors (Lipinski definition) is 4. The number of aldehydes is 1. The summed E-state index contributed by atoms with van der Waals surface area (Å²) < 4.78 is 5.88. The molecule has 7 heteroatoms. The highest BCUT2D eigenvalue weighted by Gasteiger charge is 2.26. The number of carbonyl (C=O) groups excluding carboxylic acids is 3. The average Bonchev–Trinajstić information content (AvgIpc) is 2.77. The molecule has 2 aromatic carbocycles. The van der Waals surface area contributed by atoms with Crippen LogP contribution in [0.2, 0.25) is 5.02 Å². The number of carbonyl (C=O) groups is 3. The largest absolute Gasteiger partial charge is 0.488 e. The SMILES string of the molecule is CC(C)CC(C=O)NC(=O)[C@H](CC(C)C)NC(=O)c1cc(Cl)ccc1OCc1ccccc1. The maximum atomic E-state index is 13.2. The number of hydrogen-bond donors (Lipinski definition) is 2. The van der Waals surface area contributed by atoms with Crippen molar-refractivity contribution in [3.8, 4) is 5.75 Å². The Morgan fingerprint density at radius 2 is 1.64 bits per heavy atom. The third kappa shape index (κ3) is 8.89. The summed E-state index contributed by atoms with van der Waals surface area (Å²) in [5.74, 6) is -0.0881. The fourth-order valence-electron chi connectivity index (χ4n) is 3.42. The van der Waals surface area contributed by atoms with E-state index in [9.17, 15) is 14.4 Å². The quantitative estimate of drug-likeness (QED) is 0.435. The van der Waals surface area contributed by atoms with Gasteiger partial charge in [0.1, 0.15) is 24.7 Å². The molecule has 0 saturated heterocycles. The van der Waals surface area contributed by atoms with Gasteiger partial charge in [-0.1, -0.05) is 69.6 Å². The average molecular weight is 473 g/mol. The standard InChI is InChI=1S/C26H33ClN2O4/c1-17(2)12-21(15-30)28-26(32)23(13-18(3)4)29-25(31)22-14-20(27)10-11-24(22)33-16-19-8-6-5-7-9-19/h5-11,14-15,17-18,21,23H,12-13,16H2,1-4H3,(H,28,32)(H,29,31)/t21?,23-/m0/s1. The molecule has 0 aliphatic carbocycles. The Morgan fingerprint density at radius 1 is 0.970 bits per heavy atom. The van der Waals surface area contributed by atoms with Crippen LogP contribution in [0.15, 0.2) is 48.5 Å². The monoisotopic (exact) mass is 472 g/mol. The maximum absolute atomic E-state index is 13.2. The predicted octanol–water partition coefficient (Wildman–Crippen LogP) is 4.79. The molecule has 2 aromatic rings. The maximum Gasteiger partial charge on any atom is 0.255 e. The van der Waals surface area contributed by atoms with Crippen molar-refractivity contribution in [3.05, 3.63) is 64.7 Å². The molecule has 2 N–H and O–H groups in total. The second-order valence-electron chi connectivity index (χ2n) is 8.95. The number of rotatable bonds is 12. The smallest absolute Gasteiger partial charge is 0.255 e. The highest BCUT2D eigenvalue weighted by atomic mass is 35.5. The molecular formula is C26H33ClN2O4. The Kier molecular flexibility index (Phi) is 10.4. The zero-order valence-electron chi connectivity index (χ0n) is 19.6. The lowest BCUT2D eigenvalue weighted by Gasteiger charge is -2.23. The van der Waals surface area contributed by atoms with Gasteiger partial charge >= 0.3 is 0 Å². The van der Waals surface area contributed by atoms with Crippen LogP contribution in [0.5, 0.6) is 5.75 Å². The van der Waals surface area contributed by atoms with Crippen molar-refractivity contribution in [1.29, 1.82) is 0 Å². The minimum absolute atomic E-state index is 0.147. The van der Waals surface area contributed by atoms with E-state index in [1.807, 2.05) is 58.0 Å². The first-order valence-corrected chi connectivity index (χ1v) is 11.6. The molecule has 33 heavy (non-hydrogen) atoms. The Hall–Kier alpha value is -2.86. The summed E-state index contributed by atoms with van der Waals surface area (Å²) in [4.78, 5) is 37.5. The van der Waals surface area contributed by atoms with Crippen LogP contribution in [0, 0.1) is 11.8 Å². The summed E-state index contributed by atoms with van der Waals surface area (Å²) in [5.41, 5.74) is 1.20. The Morgan fingerprint density at radius 3 is 2.24 bits per heavy atom. The summed E-state index contributed by atoms with van der Waals surface area (Å²) >= 11 is 6.14. The zero-order chi connectivity index (χ0) is 24.4. The highest BCUT2D eigenvalue weighted by molar-refractivity contribution is 6.31. The molecule has 1 unspecified atom stereocenters. The fraction of sp³-hybridized carbons (Fsp3) is 0.423. The van der Waals surface area contributed by atoms with Crippen molar-refractivity contribution in [3.63, 3.8) is 0 Å². The molecule has 0 bridgehead atoms. The van der Waals surface area contributed by atoms with Gasteiger partial charge in [-0.05, 0) is 48.4 Å². The molecule has 2 atom stereocenters. The van der Waals surface area contributed by atoms with E-state index in [-0.39, 0.29) is 29.9 Å². The molecule has 0 fully saturated rings. The minimum atomic E-state index is -0.798. The van der Waals surface area contributed by atoms with Crippen LogP contribution in [0.3, 0.4) is 0 Å². The molecule has 0 radical (unpaired) electrons. The van der Waals surface area contributed by atoms with Crippen LogP contribution in [0.25, 0.3) is 0 Å². The first-order chi connectivity index (χ1) is 15.7. The van der Waals surface area contributed by atoms with Crippen LogP contribution in [-0.4, -0.2) is 30.2 Å². The molecule has 6 nitrogen and oxygen atoms in total. The van der Waals surface area contributed by atoms with E-state index < -0.39 is 18.0 Å². The van der Waals surface area contributed by atoms with E-state index in [4.69, 9.17) is 16.3 Å². The summed E-state index contributed by atoms with van der Waals surface area (Å²) in [6.45, 7) is 8.17. The zero-order valence-corrected chi connectivity index (χ0v) is 20.4. The lowest BCUT2D eigenvalue weighted by Crippen LogP contribution is -2.50. The lowest BCUT2D eigenvalue weighted by molar-refractivity contribution is -0.126. The highest BCUT2D eigenvalue weighted by Crippen LogP contribution is 2.24. The van der Waals surface area contributed by atoms with Gasteiger partial charge in [0.05, 0.1) is 11.6 Å². The van der Waals surface area contributed by atoms with Crippen LogP contribution >= 0.6 is 11.6 Å². The van der Waals surface area contributed by atoms with Gasteiger partial charge in [0.15, 0.2) is 0 Å². The Bertz CT molecular complexity index is 931. The van der Waals surface area contributed by atoms with E-state index >= 15 is 0 Å².